The predicted molar refractivity (Wildman–Crippen MR) is 70.0 cm³/mol. The van der Waals surface area contributed by atoms with Gasteiger partial charge in [0.05, 0.1) is 7.11 Å². The van der Waals surface area contributed by atoms with Crippen molar-refractivity contribution in [3.63, 3.8) is 0 Å². The molecule has 2 rings (SSSR count). The molecule has 19 heavy (non-hydrogen) atoms. The van der Waals surface area contributed by atoms with Gasteiger partial charge >= 0.3 is 5.97 Å². The van der Waals surface area contributed by atoms with Gasteiger partial charge in [-0.3, -0.25) is 0 Å². The topological polar surface area (TPSA) is 35.5 Å². The average Bonchev–Trinajstić information content (AvgIpc) is 2.46. The largest absolute Gasteiger partial charge is 0.467 e. The Bertz CT molecular complexity index is 510. The number of allylic oxidation sites excluding steroid dienone is 1. The van der Waals surface area contributed by atoms with E-state index in [9.17, 15) is 9.18 Å². The summed E-state index contributed by atoms with van der Waals surface area (Å²) in [5.41, 5.74) is 0.217. The molecule has 0 spiro atoms. The fraction of sp³-hybridized carbons (Fsp3) is 0.400. The van der Waals surface area contributed by atoms with E-state index in [1.807, 2.05) is 0 Å². The highest BCUT2D eigenvalue weighted by atomic mass is 19.1. The summed E-state index contributed by atoms with van der Waals surface area (Å²) < 4.78 is 24.0. The van der Waals surface area contributed by atoms with Gasteiger partial charge in [0.15, 0.2) is 5.60 Å². The molecular formula is C15H17FO3. The molecule has 4 heteroatoms. The molecule has 1 atom stereocenters. The minimum atomic E-state index is -1.09. The highest BCUT2D eigenvalue weighted by Crippen LogP contribution is 2.36. The van der Waals surface area contributed by atoms with Gasteiger partial charge in [-0.05, 0) is 37.0 Å². The molecule has 3 nitrogen and oxygen atoms in total. The first-order valence-corrected chi connectivity index (χ1v) is 6.23. The third-order valence-corrected chi connectivity index (χ3v) is 3.52. The number of carbonyl (C=O) groups excluding carboxylic acids is 1. The van der Waals surface area contributed by atoms with Gasteiger partial charge in [0, 0.05) is 12.7 Å². The van der Waals surface area contributed by atoms with Crippen LogP contribution in [0, 0.1) is 5.82 Å². The van der Waals surface area contributed by atoms with E-state index in [-0.39, 0.29) is 5.82 Å². The molecule has 0 saturated carbocycles. The molecule has 1 aliphatic rings. The Morgan fingerprint density at radius 3 is 2.68 bits per heavy atom. The van der Waals surface area contributed by atoms with Gasteiger partial charge in [-0.1, -0.05) is 18.2 Å². The predicted octanol–water partition coefficient (Wildman–Crippen LogP) is 2.95. The quantitative estimate of drug-likeness (QED) is 0.787. The fourth-order valence-corrected chi connectivity index (χ4v) is 2.48. The van der Waals surface area contributed by atoms with Gasteiger partial charge in [-0.15, -0.1) is 0 Å². The zero-order valence-corrected chi connectivity index (χ0v) is 11.1. The second-order valence-electron chi connectivity index (χ2n) is 4.59. The molecular weight excluding hydrogens is 247 g/mol. The van der Waals surface area contributed by atoms with E-state index in [0.29, 0.717) is 12.0 Å². The molecule has 0 bridgehead atoms. The Morgan fingerprint density at radius 2 is 2.05 bits per heavy atom. The van der Waals surface area contributed by atoms with Crippen LogP contribution in [0.2, 0.25) is 0 Å². The Morgan fingerprint density at radius 1 is 1.32 bits per heavy atom. The van der Waals surface area contributed by atoms with Crippen molar-refractivity contribution in [2.45, 2.75) is 24.9 Å². The summed E-state index contributed by atoms with van der Waals surface area (Å²) in [6.45, 7) is 0. The van der Waals surface area contributed by atoms with E-state index in [2.05, 4.69) is 0 Å². The first-order chi connectivity index (χ1) is 9.13. The number of esters is 1. The molecule has 1 aliphatic carbocycles. The Labute approximate surface area is 112 Å². The molecule has 1 aromatic carbocycles. The first-order valence-electron chi connectivity index (χ1n) is 6.23. The van der Waals surface area contributed by atoms with Gasteiger partial charge in [-0.2, -0.15) is 0 Å². The zero-order valence-electron chi connectivity index (χ0n) is 11.1. The van der Waals surface area contributed by atoms with E-state index in [1.165, 1.54) is 20.3 Å². The van der Waals surface area contributed by atoms with E-state index < -0.39 is 11.6 Å². The standard InChI is InChI=1S/C15H17FO3/c1-18-14(17)15(19-2)9-5-6-11(10-15)12-7-3-4-8-13(12)16/h3-4,7-8,10H,5-6,9H2,1-2H3. The van der Waals surface area contributed by atoms with Crippen molar-refractivity contribution in [3.05, 3.63) is 41.7 Å². The molecule has 102 valence electrons. The summed E-state index contributed by atoms with van der Waals surface area (Å²) in [4.78, 5) is 11.9. The molecule has 0 aliphatic heterocycles. The minimum absolute atomic E-state index is 0.287. The first kappa shape index (κ1) is 13.7. The smallest absolute Gasteiger partial charge is 0.342 e. The number of halogens is 1. The second kappa shape index (κ2) is 5.53. The van der Waals surface area contributed by atoms with Crippen LogP contribution in [0.5, 0.6) is 0 Å². The summed E-state index contributed by atoms with van der Waals surface area (Å²) >= 11 is 0. The highest BCUT2D eigenvalue weighted by molar-refractivity contribution is 5.86. The maximum absolute atomic E-state index is 13.8. The summed E-state index contributed by atoms with van der Waals surface area (Å²) in [5, 5.41) is 0. The van der Waals surface area contributed by atoms with Crippen LogP contribution >= 0.6 is 0 Å². The van der Waals surface area contributed by atoms with Crippen LogP contribution in [0.3, 0.4) is 0 Å². The van der Waals surface area contributed by atoms with Gasteiger partial charge in [0.2, 0.25) is 0 Å². The number of ether oxygens (including phenoxy) is 2. The number of carbonyl (C=O) groups is 1. The summed E-state index contributed by atoms with van der Waals surface area (Å²) in [6.07, 6.45) is 3.72. The monoisotopic (exact) mass is 264 g/mol. The number of methoxy groups -OCH3 is 2. The highest BCUT2D eigenvalue weighted by Gasteiger charge is 2.40. The van der Waals surface area contributed by atoms with Crippen LogP contribution < -0.4 is 0 Å². The van der Waals surface area contributed by atoms with Crippen molar-refractivity contribution in [2.75, 3.05) is 14.2 Å². The number of hydrogen-bond acceptors (Lipinski definition) is 3. The van der Waals surface area contributed by atoms with E-state index in [0.717, 1.165) is 18.4 Å². The average molecular weight is 264 g/mol. The lowest BCUT2D eigenvalue weighted by molar-refractivity contribution is -0.161. The Kier molecular flexibility index (Phi) is 4.00. The normalized spacial score (nSPS) is 22.8. The minimum Gasteiger partial charge on any atom is -0.467 e. The van der Waals surface area contributed by atoms with Gasteiger partial charge in [-0.25, -0.2) is 9.18 Å². The van der Waals surface area contributed by atoms with E-state index in [1.54, 1.807) is 24.3 Å². The lowest BCUT2D eigenvalue weighted by Crippen LogP contribution is -2.41. The molecule has 0 aromatic heterocycles. The molecule has 1 aromatic rings. The number of benzene rings is 1. The zero-order chi connectivity index (χ0) is 13.9. The molecule has 0 radical (unpaired) electrons. The van der Waals surface area contributed by atoms with Crippen LogP contribution in [-0.4, -0.2) is 25.8 Å². The molecule has 0 heterocycles. The van der Waals surface area contributed by atoms with Crippen LogP contribution in [0.4, 0.5) is 4.39 Å². The van der Waals surface area contributed by atoms with Crippen molar-refractivity contribution >= 4 is 11.5 Å². The van der Waals surface area contributed by atoms with Crippen LogP contribution in [0.25, 0.3) is 5.57 Å². The second-order valence-corrected chi connectivity index (χ2v) is 4.59. The van der Waals surface area contributed by atoms with Crippen LogP contribution in [-0.2, 0) is 14.3 Å². The maximum atomic E-state index is 13.8. The third kappa shape index (κ3) is 2.54. The molecule has 0 amide bonds. The van der Waals surface area contributed by atoms with Crippen LogP contribution in [0.15, 0.2) is 30.3 Å². The van der Waals surface area contributed by atoms with Gasteiger partial charge < -0.3 is 9.47 Å². The maximum Gasteiger partial charge on any atom is 0.342 e. The van der Waals surface area contributed by atoms with E-state index >= 15 is 0 Å². The fourth-order valence-electron chi connectivity index (χ4n) is 2.48. The molecule has 1 unspecified atom stereocenters. The number of rotatable bonds is 3. The van der Waals surface area contributed by atoms with E-state index in [4.69, 9.17) is 9.47 Å². The molecule has 0 saturated heterocycles. The van der Waals surface area contributed by atoms with Crippen molar-refractivity contribution in [2.24, 2.45) is 0 Å². The summed E-state index contributed by atoms with van der Waals surface area (Å²) in [5.74, 6) is -0.728. The Hall–Kier alpha value is -1.68. The third-order valence-electron chi connectivity index (χ3n) is 3.52. The van der Waals surface area contributed by atoms with Crippen molar-refractivity contribution in [1.29, 1.82) is 0 Å². The van der Waals surface area contributed by atoms with Crippen molar-refractivity contribution in [1.82, 2.24) is 0 Å². The van der Waals surface area contributed by atoms with Crippen molar-refractivity contribution in [3.8, 4) is 0 Å². The lowest BCUT2D eigenvalue weighted by atomic mass is 9.83. The van der Waals surface area contributed by atoms with Crippen LogP contribution in [0.1, 0.15) is 24.8 Å². The summed E-state index contributed by atoms with van der Waals surface area (Å²) in [7, 11) is 2.80. The molecule has 0 N–H and O–H groups in total. The number of hydrogen-bond donors (Lipinski definition) is 0. The SMILES string of the molecule is COC(=O)C1(OC)C=C(c2ccccc2F)CCC1. The lowest BCUT2D eigenvalue weighted by Gasteiger charge is -2.31. The molecule has 0 fully saturated rings. The Balaban J connectivity index is 2.44. The van der Waals surface area contributed by atoms with Gasteiger partial charge in [0.1, 0.15) is 5.82 Å². The summed E-state index contributed by atoms with van der Waals surface area (Å²) in [6, 6.07) is 6.55. The van der Waals surface area contributed by atoms with Gasteiger partial charge in [0.25, 0.3) is 0 Å². The van der Waals surface area contributed by atoms with Crippen molar-refractivity contribution < 1.29 is 18.7 Å².